The second kappa shape index (κ2) is 3.65. The molecule has 0 aliphatic carbocycles. The number of nitriles is 1. The van der Waals surface area contributed by atoms with Crippen molar-refractivity contribution in [2.75, 3.05) is 19.6 Å². The van der Waals surface area contributed by atoms with Gasteiger partial charge in [-0.1, -0.05) is 0 Å². The lowest BCUT2D eigenvalue weighted by Crippen LogP contribution is -2.48. The van der Waals surface area contributed by atoms with E-state index in [1.807, 2.05) is 6.92 Å². The largest absolute Gasteiger partial charge is 0.315 e. The summed E-state index contributed by atoms with van der Waals surface area (Å²) < 4.78 is 0. The second-order valence-corrected chi connectivity index (χ2v) is 4.17. The molecule has 2 aliphatic heterocycles. The van der Waals surface area contributed by atoms with E-state index in [0.29, 0.717) is 6.04 Å². The predicted octanol–water partition coefficient (Wildman–Crippen LogP) is 0.582. The maximum atomic E-state index is 8.89. The molecule has 2 aliphatic rings. The molecule has 13 heavy (non-hydrogen) atoms. The lowest BCUT2D eigenvalue weighted by Gasteiger charge is -2.38. The molecule has 3 heteroatoms. The van der Waals surface area contributed by atoms with Gasteiger partial charge in [0.2, 0.25) is 0 Å². The quantitative estimate of drug-likeness (QED) is 0.640. The van der Waals surface area contributed by atoms with Gasteiger partial charge in [0.1, 0.15) is 0 Å². The van der Waals surface area contributed by atoms with Crippen molar-refractivity contribution >= 4 is 0 Å². The minimum atomic E-state index is 0.0905. The third-order valence-corrected chi connectivity index (χ3v) is 3.41. The van der Waals surface area contributed by atoms with Gasteiger partial charge in [0, 0.05) is 12.6 Å². The van der Waals surface area contributed by atoms with Crippen LogP contribution in [0.2, 0.25) is 0 Å². The third kappa shape index (κ3) is 1.56. The molecular formula is C10H17N3. The van der Waals surface area contributed by atoms with Gasteiger partial charge in [-0.15, -0.1) is 0 Å². The van der Waals surface area contributed by atoms with Gasteiger partial charge in [0.05, 0.1) is 12.1 Å². The van der Waals surface area contributed by atoms with Crippen molar-refractivity contribution in [3.63, 3.8) is 0 Å². The number of fused-ring (bicyclic) bond motifs is 1. The number of rotatable bonds is 1. The highest BCUT2D eigenvalue weighted by molar-refractivity contribution is 4.99. The van der Waals surface area contributed by atoms with Crippen LogP contribution in [0, 0.1) is 17.2 Å². The van der Waals surface area contributed by atoms with Crippen molar-refractivity contribution in [1.29, 1.82) is 5.26 Å². The molecule has 2 fully saturated rings. The van der Waals surface area contributed by atoms with Crippen LogP contribution in [0.4, 0.5) is 0 Å². The van der Waals surface area contributed by atoms with Gasteiger partial charge in [-0.25, -0.2) is 0 Å². The first-order valence-electron chi connectivity index (χ1n) is 5.19. The van der Waals surface area contributed by atoms with Crippen molar-refractivity contribution in [2.45, 2.75) is 31.8 Å². The predicted molar refractivity (Wildman–Crippen MR) is 51.2 cm³/mol. The Morgan fingerprint density at radius 1 is 1.54 bits per heavy atom. The molecule has 0 bridgehead atoms. The van der Waals surface area contributed by atoms with Gasteiger partial charge in [0.25, 0.3) is 0 Å². The van der Waals surface area contributed by atoms with E-state index >= 15 is 0 Å². The zero-order valence-corrected chi connectivity index (χ0v) is 8.16. The first-order valence-corrected chi connectivity index (χ1v) is 5.19. The SMILES string of the molecule is CC(C#N)N1CCCC2CNCC21. The van der Waals surface area contributed by atoms with E-state index in [-0.39, 0.29) is 6.04 Å². The van der Waals surface area contributed by atoms with E-state index in [9.17, 15) is 0 Å². The van der Waals surface area contributed by atoms with Gasteiger partial charge in [-0.05, 0) is 38.8 Å². The molecule has 0 radical (unpaired) electrons. The van der Waals surface area contributed by atoms with E-state index in [1.54, 1.807) is 0 Å². The average Bonchev–Trinajstić information content (AvgIpc) is 2.63. The highest BCUT2D eigenvalue weighted by atomic mass is 15.2. The zero-order valence-electron chi connectivity index (χ0n) is 8.16. The molecule has 1 N–H and O–H groups in total. The van der Waals surface area contributed by atoms with Crippen molar-refractivity contribution in [3.05, 3.63) is 0 Å². The molecule has 0 spiro atoms. The molecule has 0 aromatic heterocycles. The fourth-order valence-corrected chi connectivity index (χ4v) is 2.66. The van der Waals surface area contributed by atoms with Gasteiger partial charge >= 0.3 is 0 Å². The fourth-order valence-electron chi connectivity index (χ4n) is 2.66. The Balaban J connectivity index is 2.06. The highest BCUT2D eigenvalue weighted by Crippen LogP contribution is 2.27. The summed E-state index contributed by atoms with van der Waals surface area (Å²) in [5, 5.41) is 12.3. The first kappa shape index (κ1) is 8.98. The summed E-state index contributed by atoms with van der Waals surface area (Å²) in [7, 11) is 0. The van der Waals surface area contributed by atoms with Crippen LogP contribution in [0.25, 0.3) is 0 Å². The lowest BCUT2D eigenvalue weighted by atomic mass is 9.91. The molecule has 3 nitrogen and oxygen atoms in total. The standard InChI is InChI=1S/C10H17N3/c1-8(5-11)13-4-2-3-9-6-12-7-10(9)13/h8-10,12H,2-4,6-7H2,1H3. The average molecular weight is 179 g/mol. The molecule has 2 rings (SSSR count). The molecule has 0 aromatic carbocycles. The van der Waals surface area contributed by atoms with E-state index in [4.69, 9.17) is 5.26 Å². The maximum Gasteiger partial charge on any atom is 0.0952 e. The monoisotopic (exact) mass is 179 g/mol. The van der Waals surface area contributed by atoms with E-state index in [2.05, 4.69) is 16.3 Å². The van der Waals surface area contributed by atoms with Crippen LogP contribution in [0.1, 0.15) is 19.8 Å². The highest BCUT2D eigenvalue weighted by Gasteiger charge is 2.36. The third-order valence-electron chi connectivity index (χ3n) is 3.41. The van der Waals surface area contributed by atoms with Crippen molar-refractivity contribution in [3.8, 4) is 6.07 Å². The Hall–Kier alpha value is -0.590. The summed E-state index contributed by atoms with van der Waals surface area (Å²) in [5.41, 5.74) is 0. The molecule has 3 atom stereocenters. The van der Waals surface area contributed by atoms with E-state index < -0.39 is 0 Å². The molecule has 0 aromatic rings. The molecular weight excluding hydrogens is 162 g/mol. The Labute approximate surface area is 79.7 Å². The van der Waals surface area contributed by atoms with Crippen LogP contribution in [0.5, 0.6) is 0 Å². The van der Waals surface area contributed by atoms with Gasteiger partial charge < -0.3 is 5.32 Å². The number of nitrogens with zero attached hydrogens (tertiary/aromatic N) is 2. The molecule has 2 saturated heterocycles. The van der Waals surface area contributed by atoms with Crippen molar-refractivity contribution in [1.82, 2.24) is 10.2 Å². The number of piperidine rings is 1. The molecule has 2 heterocycles. The minimum Gasteiger partial charge on any atom is -0.315 e. The Morgan fingerprint density at radius 3 is 3.15 bits per heavy atom. The zero-order chi connectivity index (χ0) is 9.26. The van der Waals surface area contributed by atoms with Crippen molar-refractivity contribution < 1.29 is 0 Å². The number of hydrogen-bond donors (Lipinski definition) is 1. The summed E-state index contributed by atoms with van der Waals surface area (Å²) in [6.45, 7) is 5.36. The van der Waals surface area contributed by atoms with Crippen LogP contribution in [-0.4, -0.2) is 36.6 Å². The first-order chi connectivity index (χ1) is 6.33. The molecule has 72 valence electrons. The second-order valence-electron chi connectivity index (χ2n) is 4.17. The Bertz CT molecular complexity index is 221. The fraction of sp³-hybridized carbons (Fsp3) is 0.900. The Morgan fingerprint density at radius 2 is 2.38 bits per heavy atom. The molecule has 0 saturated carbocycles. The summed E-state index contributed by atoms with van der Waals surface area (Å²) in [5.74, 6) is 0.796. The topological polar surface area (TPSA) is 39.1 Å². The van der Waals surface area contributed by atoms with E-state index in [1.165, 1.54) is 12.8 Å². The smallest absolute Gasteiger partial charge is 0.0952 e. The van der Waals surface area contributed by atoms with Gasteiger partial charge in [-0.2, -0.15) is 5.26 Å². The van der Waals surface area contributed by atoms with Gasteiger partial charge in [0.15, 0.2) is 0 Å². The summed E-state index contributed by atoms with van der Waals surface area (Å²) in [6.07, 6.45) is 2.60. The van der Waals surface area contributed by atoms with E-state index in [0.717, 1.165) is 25.6 Å². The van der Waals surface area contributed by atoms with Crippen LogP contribution >= 0.6 is 0 Å². The summed E-state index contributed by atoms with van der Waals surface area (Å²) in [4.78, 5) is 2.37. The van der Waals surface area contributed by atoms with Crippen LogP contribution in [0.15, 0.2) is 0 Å². The maximum absolute atomic E-state index is 8.89. The number of hydrogen-bond acceptors (Lipinski definition) is 3. The Kier molecular flexibility index (Phi) is 2.52. The van der Waals surface area contributed by atoms with Crippen LogP contribution < -0.4 is 5.32 Å². The minimum absolute atomic E-state index is 0.0905. The van der Waals surface area contributed by atoms with Crippen LogP contribution in [0.3, 0.4) is 0 Å². The lowest BCUT2D eigenvalue weighted by molar-refractivity contribution is 0.107. The summed E-state index contributed by atoms with van der Waals surface area (Å²) >= 11 is 0. The number of nitrogens with one attached hydrogen (secondary N) is 1. The molecule has 0 amide bonds. The van der Waals surface area contributed by atoms with Crippen molar-refractivity contribution in [2.24, 2.45) is 5.92 Å². The summed E-state index contributed by atoms with van der Waals surface area (Å²) in [6, 6.07) is 3.06. The number of likely N-dealkylation sites (tertiary alicyclic amines) is 1. The molecule has 3 unspecified atom stereocenters. The van der Waals surface area contributed by atoms with Gasteiger partial charge in [-0.3, -0.25) is 4.90 Å². The normalized spacial score (nSPS) is 36.6. The van der Waals surface area contributed by atoms with Crippen LogP contribution in [-0.2, 0) is 0 Å².